The second-order valence-electron chi connectivity index (χ2n) is 11.7. The Hall–Kier alpha value is -1.99. The van der Waals surface area contributed by atoms with Crippen molar-refractivity contribution < 1.29 is 14.4 Å². The van der Waals surface area contributed by atoms with Crippen molar-refractivity contribution >= 4 is 17.9 Å². The van der Waals surface area contributed by atoms with E-state index in [1.165, 1.54) is 38.5 Å². The van der Waals surface area contributed by atoms with Gasteiger partial charge in [0, 0.05) is 24.2 Å². The molecule has 6 atom stereocenters. The van der Waals surface area contributed by atoms with Crippen LogP contribution in [0.15, 0.2) is 43.2 Å². The lowest BCUT2D eigenvalue weighted by Gasteiger charge is -2.27. The van der Waals surface area contributed by atoms with Crippen molar-refractivity contribution in [2.45, 2.75) is 131 Å². The van der Waals surface area contributed by atoms with Gasteiger partial charge in [-0.1, -0.05) is 111 Å². The number of hydrogen-bond donors (Lipinski definition) is 0. The molecule has 0 aliphatic carbocycles. The van der Waals surface area contributed by atoms with E-state index in [1.807, 2.05) is 13.0 Å². The first-order valence-electron chi connectivity index (χ1n) is 15.8. The molecule has 0 heterocycles. The summed E-state index contributed by atoms with van der Waals surface area (Å²) in [7, 11) is 0. The lowest BCUT2D eigenvalue weighted by atomic mass is 9.76. The minimum atomic E-state index is -0.222. The van der Waals surface area contributed by atoms with Gasteiger partial charge in [-0.2, -0.15) is 0 Å². The molecule has 0 radical (unpaired) electrons. The van der Waals surface area contributed by atoms with Crippen LogP contribution in [0.1, 0.15) is 131 Å². The Balaban J connectivity index is 4.60. The lowest BCUT2D eigenvalue weighted by Crippen LogP contribution is -2.27. The number of carbonyl (C=O) groups is 3. The topological polar surface area (TPSA) is 51.2 Å². The van der Waals surface area contributed by atoms with E-state index >= 15 is 0 Å². The number of unbranched alkanes of at least 4 members (excludes halogenated alkanes) is 6. The predicted molar refractivity (Wildman–Crippen MR) is 168 cm³/mol. The van der Waals surface area contributed by atoms with Gasteiger partial charge in [0.25, 0.3) is 0 Å². The normalized spacial score (nSPS) is 15.7. The zero-order valence-electron chi connectivity index (χ0n) is 26.1. The highest BCUT2D eigenvalue weighted by Crippen LogP contribution is 2.31. The summed E-state index contributed by atoms with van der Waals surface area (Å²) >= 11 is 0. The Kier molecular flexibility index (Phi) is 21.6. The molecule has 0 N–H and O–H groups in total. The van der Waals surface area contributed by atoms with Crippen molar-refractivity contribution in [2.24, 2.45) is 35.5 Å². The fourth-order valence-corrected chi connectivity index (χ4v) is 6.13. The maximum atomic E-state index is 13.2. The van der Waals surface area contributed by atoms with Crippen molar-refractivity contribution in [2.75, 3.05) is 0 Å². The summed E-state index contributed by atoms with van der Waals surface area (Å²) in [6.45, 7) is 21.6. The van der Waals surface area contributed by atoms with E-state index in [0.29, 0.717) is 18.3 Å². The van der Waals surface area contributed by atoms with E-state index in [-0.39, 0.29) is 35.2 Å². The SMILES string of the molecule is C=C=C(C=C)[C@@H](CC)CCCCCCCCC[C@@H](C(=O)CCC[C@H](C(C)CCC)[C@H](C=C)C=O)C(C)C(C)=O. The summed E-state index contributed by atoms with van der Waals surface area (Å²) in [6.07, 6.45) is 20.2. The van der Waals surface area contributed by atoms with E-state index in [9.17, 15) is 14.4 Å². The van der Waals surface area contributed by atoms with E-state index in [2.05, 4.69) is 46.2 Å². The van der Waals surface area contributed by atoms with Crippen LogP contribution < -0.4 is 0 Å². The lowest BCUT2D eigenvalue weighted by molar-refractivity contribution is -0.131. The Labute approximate surface area is 241 Å². The molecule has 0 saturated carbocycles. The molecule has 0 saturated heterocycles. The van der Waals surface area contributed by atoms with Crippen LogP contribution in [-0.4, -0.2) is 17.9 Å². The van der Waals surface area contributed by atoms with E-state index in [0.717, 1.165) is 63.2 Å². The smallest absolute Gasteiger partial charge is 0.136 e. The fraction of sp³-hybridized carbons (Fsp3) is 0.722. The zero-order chi connectivity index (χ0) is 29.6. The van der Waals surface area contributed by atoms with Gasteiger partial charge in [0.2, 0.25) is 0 Å². The van der Waals surface area contributed by atoms with Crippen LogP contribution in [0, 0.1) is 35.5 Å². The van der Waals surface area contributed by atoms with Crippen LogP contribution in [0.4, 0.5) is 0 Å². The molecule has 2 unspecified atom stereocenters. The number of rotatable bonds is 26. The van der Waals surface area contributed by atoms with Crippen LogP contribution in [-0.2, 0) is 14.4 Å². The molecule has 0 bridgehead atoms. The average Bonchev–Trinajstić information content (AvgIpc) is 2.92. The van der Waals surface area contributed by atoms with Crippen molar-refractivity contribution in [3.8, 4) is 0 Å². The van der Waals surface area contributed by atoms with E-state index < -0.39 is 0 Å². The van der Waals surface area contributed by atoms with Gasteiger partial charge in [-0.05, 0) is 62.4 Å². The Morgan fingerprint density at radius 1 is 0.846 bits per heavy atom. The summed E-state index contributed by atoms with van der Waals surface area (Å²) in [4.78, 5) is 37.0. The molecule has 3 nitrogen and oxygen atoms in total. The molecule has 39 heavy (non-hydrogen) atoms. The van der Waals surface area contributed by atoms with Gasteiger partial charge in [-0.3, -0.25) is 9.59 Å². The number of ketones is 2. The van der Waals surface area contributed by atoms with Gasteiger partial charge in [0.1, 0.15) is 17.9 Å². The monoisotopic (exact) mass is 540 g/mol. The van der Waals surface area contributed by atoms with E-state index in [1.54, 1.807) is 13.0 Å². The Morgan fingerprint density at radius 3 is 1.90 bits per heavy atom. The molecule has 3 heteroatoms. The van der Waals surface area contributed by atoms with Crippen molar-refractivity contribution in [3.05, 3.63) is 43.2 Å². The average molecular weight is 541 g/mol. The van der Waals surface area contributed by atoms with Crippen LogP contribution in [0.3, 0.4) is 0 Å². The third-order valence-corrected chi connectivity index (χ3v) is 8.94. The molecule has 0 amide bonds. The van der Waals surface area contributed by atoms with Crippen molar-refractivity contribution in [1.29, 1.82) is 0 Å². The van der Waals surface area contributed by atoms with Gasteiger partial charge >= 0.3 is 0 Å². The first-order chi connectivity index (χ1) is 18.7. The number of allylic oxidation sites excluding steroid dienone is 3. The van der Waals surface area contributed by atoms with Gasteiger partial charge in [-0.15, -0.1) is 12.3 Å². The van der Waals surface area contributed by atoms with Gasteiger partial charge < -0.3 is 4.79 Å². The van der Waals surface area contributed by atoms with Crippen LogP contribution in [0.2, 0.25) is 0 Å². The standard InChI is InChI=1S/C36H60O3/c1-9-22-28(6)34(33(13-5)27-37)25-21-26-36(39)35(29(7)30(8)38)24-20-18-16-14-15-17-19-23-32(12-4)31(10-2)11-3/h10,13,27-29,32-35H,2-3,5,9,12,14-26H2,1,4,6-8H3/t28?,29?,32-,33+,34+,35+/m0/s1. The highest BCUT2D eigenvalue weighted by atomic mass is 16.1. The second-order valence-corrected chi connectivity index (χ2v) is 11.7. The molecule has 222 valence electrons. The quantitative estimate of drug-likeness (QED) is 0.0360. The molecule has 0 aromatic carbocycles. The molecule has 0 fully saturated rings. The third kappa shape index (κ3) is 14.8. The first kappa shape index (κ1) is 37.0. The van der Waals surface area contributed by atoms with Gasteiger partial charge in [-0.25, -0.2) is 0 Å². The number of Topliss-reactive ketones (excluding diaryl/α,β-unsaturated/α-hetero) is 2. The third-order valence-electron chi connectivity index (χ3n) is 8.94. The summed E-state index contributed by atoms with van der Waals surface area (Å²) in [5.74, 6) is 0.939. The summed E-state index contributed by atoms with van der Waals surface area (Å²) < 4.78 is 0. The highest BCUT2D eigenvalue weighted by Gasteiger charge is 2.28. The van der Waals surface area contributed by atoms with Crippen LogP contribution in [0.5, 0.6) is 0 Å². The molecular formula is C36H60O3. The Bertz CT molecular complexity index is 764. The first-order valence-corrected chi connectivity index (χ1v) is 15.8. The van der Waals surface area contributed by atoms with Crippen LogP contribution in [0.25, 0.3) is 0 Å². The predicted octanol–water partition coefficient (Wildman–Crippen LogP) is 10.1. The molecule has 0 aliphatic rings. The molecule has 0 spiro atoms. The van der Waals surface area contributed by atoms with Crippen molar-refractivity contribution in [1.82, 2.24) is 0 Å². The molecular weight excluding hydrogens is 480 g/mol. The van der Waals surface area contributed by atoms with E-state index in [4.69, 9.17) is 0 Å². The summed E-state index contributed by atoms with van der Waals surface area (Å²) in [5, 5.41) is 0. The fourth-order valence-electron chi connectivity index (χ4n) is 6.13. The molecule has 0 aliphatic heterocycles. The number of aldehydes is 1. The van der Waals surface area contributed by atoms with Gasteiger partial charge in [0.15, 0.2) is 0 Å². The minimum Gasteiger partial charge on any atom is -0.303 e. The molecule has 0 aromatic rings. The van der Waals surface area contributed by atoms with Crippen molar-refractivity contribution in [3.63, 3.8) is 0 Å². The van der Waals surface area contributed by atoms with Crippen LogP contribution >= 0.6 is 0 Å². The summed E-state index contributed by atoms with van der Waals surface area (Å²) in [6, 6.07) is 0. The Morgan fingerprint density at radius 2 is 1.44 bits per heavy atom. The number of carbonyl (C=O) groups excluding carboxylic acids is 3. The minimum absolute atomic E-state index is 0.103. The highest BCUT2D eigenvalue weighted by molar-refractivity contribution is 5.88. The maximum Gasteiger partial charge on any atom is 0.136 e. The largest absolute Gasteiger partial charge is 0.303 e. The zero-order valence-corrected chi connectivity index (χ0v) is 26.1. The second kappa shape index (κ2) is 22.8. The van der Waals surface area contributed by atoms with Gasteiger partial charge in [0.05, 0.1) is 0 Å². The molecule has 0 aromatic heterocycles. The maximum absolute atomic E-state index is 13.2. The summed E-state index contributed by atoms with van der Waals surface area (Å²) in [5.41, 5.74) is 4.18. The molecule has 0 rings (SSSR count). The number of hydrogen-bond acceptors (Lipinski definition) is 3.